The third-order valence-electron chi connectivity index (χ3n) is 3.12. The predicted octanol–water partition coefficient (Wildman–Crippen LogP) is 1.06. The van der Waals surface area contributed by atoms with Crippen molar-refractivity contribution in [3.8, 4) is 0 Å². The summed E-state index contributed by atoms with van der Waals surface area (Å²) in [5, 5.41) is 9.86. The molecule has 4 nitrogen and oxygen atoms in total. The van der Waals surface area contributed by atoms with Crippen LogP contribution in [0.1, 0.15) is 12.8 Å². The number of ketones is 1. The fourth-order valence-electron chi connectivity index (χ4n) is 2.10. The molecule has 0 fully saturated rings. The summed E-state index contributed by atoms with van der Waals surface area (Å²) in [6.07, 6.45) is 13.9. The zero-order chi connectivity index (χ0) is 13.8. The summed E-state index contributed by atoms with van der Waals surface area (Å²) in [6, 6.07) is 3.89. The van der Waals surface area contributed by atoms with Crippen LogP contribution in [-0.4, -0.2) is 21.0 Å². The summed E-state index contributed by atoms with van der Waals surface area (Å²) in [7, 11) is 0. The van der Waals surface area contributed by atoms with Gasteiger partial charge in [0.2, 0.25) is 0 Å². The number of nitrogens with zero attached hydrogens (tertiary/aromatic N) is 3. The van der Waals surface area contributed by atoms with E-state index in [4.69, 9.17) is 0 Å². The SMILES string of the molecule is O=C1CC=CC=CC=c2cc3ncnnc3cc2=CC1. The molecule has 0 amide bonds. The van der Waals surface area contributed by atoms with Crippen LogP contribution in [0, 0.1) is 0 Å². The second-order valence-corrected chi connectivity index (χ2v) is 4.56. The van der Waals surface area contributed by atoms with E-state index in [0.29, 0.717) is 12.8 Å². The van der Waals surface area contributed by atoms with Crippen molar-refractivity contribution in [2.75, 3.05) is 0 Å². The van der Waals surface area contributed by atoms with E-state index in [1.54, 1.807) is 0 Å². The fraction of sp³-hybridized carbons (Fsp3) is 0.125. The standard InChI is InChI=1S/C16H13N3O/c20-14-6-4-2-1-3-5-12-9-15-16(19-18-11-17-15)10-13(12)7-8-14/h1-5,7,9-11H,6,8H2. The van der Waals surface area contributed by atoms with Crippen LogP contribution in [0.25, 0.3) is 23.2 Å². The van der Waals surface area contributed by atoms with Gasteiger partial charge in [0.25, 0.3) is 0 Å². The Kier molecular flexibility index (Phi) is 3.46. The van der Waals surface area contributed by atoms with Crippen molar-refractivity contribution < 1.29 is 4.79 Å². The maximum Gasteiger partial charge on any atom is 0.140 e. The van der Waals surface area contributed by atoms with Gasteiger partial charge in [-0.1, -0.05) is 36.5 Å². The van der Waals surface area contributed by atoms with E-state index in [0.717, 1.165) is 21.5 Å². The normalized spacial score (nSPS) is 15.1. The van der Waals surface area contributed by atoms with Gasteiger partial charge in [-0.25, -0.2) is 4.98 Å². The topological polar surface area (TPSA) is 55.7 Å². The number of carbonyl (C=O) groups excluding carboxylic acids is 1. The highest BCUT2D eigenvalue weighted by Crippen LogP contribution is 2.00. The molecule has 0 spiro atoms. The molecule has 3 rings (SSSR count). The molecule has 1 heterocycles. The number of carbonyl (C=O) groups is 1. The van der Waals surface area contributed by atoms with Crippen molar-refractivity contribution in [1.82, 2.24) is 15.2 Å². The molecular weight excluding hydrogens is 250 g/mol. The second kappa shape index (κ2) is 5.57. The molecule has 98 valence electrons. The summed E-state index contributed by atoms with van der Waals surface area (Å²) in [6.45, 7) is 0. The smallest absolute Gasteiger partial charge is 0.140 e. The van der Waals surface area contributed by atoms with E-state index in [-0.39, 0.29) is 5.78 Å². The van der Waals surface area contributed by atoms with Gasteiger partial charge in [0, 0.05) is 12.8 Å². The second-order valence-electron chi connectivity index (χ2n) is 4.56. The molecule has 0 radical (unpaired) electrons. The number of hydrogen-bond acceptors (Lipinski definition) is 4. The number of fused-ring (bicyclic) bond motifs is 2. The van der Waals surface area contributed by atoms with Crippen LogP contribution in [0.15, 0.2) is 42.8 Å². The van der Waals surface area contributed by atoms with Crippen LogP contribution in [-0.2, 0) is 4.79 Å². The number of benzene rings is 1. The van der Waals surface area contributed by atoms with Gasteiger partial charge in [0.05, 0.1) is 5.52 Å². The van der Waals surface area contributed by atoms with E-state index in [1.165, 1.54) is 6.33 Å². The molecule has 1 aliphatic carbocycles. The van der Waals surface area contributed by atoms with E-state index in [2.05, 4.69) is 15.2 Å². The highest BCUT2D eigenvalue weighted by Gasteiger charge is 1.99. The Morgan fingerprint density at radius 2 is 1.85 bits per heavy atom. The van der Waals surface area contributed by atoms with Gasteiger partial charge in [-0.3, -0.25) is 4.79 Å². The minimum atomic E-state index is 0.194. The van der Waals surface area contributed by atoms with Crippen LogP contribution in [0.2, 0.25) is 0 Å². The minimum absolute atomic E-state index is 0.194. The number of aromatic nitrogens is 3. The first-order chi connectivity index (χ1) is 9.83. The Balaban J connectivity index is 2.26. The van der Waals surface area contributed by atoms with E-state index in [9.17, 15) is 4.79 Å². The molecule has 0 saturated heterocycles. The third kappa shape index (κ3) is 2.69. The van der Waals surface area contributed by atoms with Crippen LogP contribution in [0.3, 0.4) is 0 Å². The molecule has 0 aliphatic heterocycles. The monoisotopic (exact) mass is 263 g/mol. The molecular formula is C16H13N3O. The Hall–Kier alpha value is -2.62. The van der Waals surface area contributed by atoms with Crippen LogP contribution in [0.5, 0.6) is 0 Å². The summed E-state index contributed by atoms with van der Waals surface area (Å²) in [5.41, 5.74) is 1.54. The Bertz CT molecular complexity index is 834. The Labute approximate surface area is 115 Å². The molecule has 4 heteroatoms. The molecule has 20 heavy (non-hydrogen) atoms. The summed E-state index contributed by atoms with van der Waals surface area (Å²) >= 11 is 0. The molecule has 0 atom stereocenters. The number of hydrogen-bond donors (Lipinski definition) is 0. The quantitative estimate of drug-likeness (QED) is 0.713. The van der Waals surface area contributed by atoms with Crippen molar-refractivity contribution in [1.29, 1.82) is 0 Å². The number of rotatable bonds is 0. The van der Waals surface area contributed by atoms with Crippen molar-refractivity contribution in [3.63, 3.8) is 0 Å². The zero-order valence-corrected chi connectivity index (χ0v) is 10.9. The van der Waals surface area contributed by atoms with Crippen LogP contribution in [0.4, 0.5) is 0 Å². The molecule has 0 N–H and O–H groups in total. The van der Waals surface area contributed by atoms with E-state index < -0.39 is 0 Å². The molecule has 0 unspecified atom stereocenters. The third-order valence-corrected chi connectivity index (χ3v) is 3.12. The molecule has 1 aromatic carbocycles. The summed E-state index contributed by atoms with van der Waals surface area (Å²) in [5.74, 6) is 0.194. The average molecular weight is 263 g/mol. The lowest BCUT2D eigenvalue weighted by Gasteiger charge is -1.96. The van der Waals surface area contributed by atoms with E-state index in [1.807, 2.05) is 48.6 Å². The lowest BCUT2D eigenvalue weighted by molar-refractivity contribution is -0.117. The van der Waals surface area contributed by atoms with Crippen LogP contribution >= 0.6 is 0 Å². The number of allylic oxidation sites excluding steroid dienone is 4. The maximum absolute atomic E-state index is 11.7. The van der Waals surface area contributed by atoms with Gasteiger partial charge >= 0.3 is 0 Å². The van der Waals surface area contributed by atoms with E-state index >= 15 is 0 Å². The van der Waals surface area contributed by atoms with Gasteiger partial charge in [0.1, 0.15) is 17.6 Å². The molecule has 1 aromatic heterocycles. The lowest BCUT2D eigenvalue weighted by atomic mass is 10.1. The molecule has 2 aromatic rings. The van der Waals surface area contributed by atoms with Crippen molar-refractivity contribution in [3.05, 3.63) is 53.2 Å². The van der Waals surface area contributed by atoms with Crippen molar-refractivity contribution >= 4 is 29.0 Å². The largest absolute Gasteiger partial charge is 0.299 e. The lowest BCUT2D eigenvalue weighted by Crippen LogP contribution is -2.25. The van der Waals surface area contributed by atoms with Gasteiger partial charge in [-0.15, -0.1) is 10.2 Å². The summed E-state index contributed by atoms with van der Waals surface area (Å²) < 4.78 is 0. The minimum Gasteiger partial charge on any atom is -0.299 e. The first-order valence-electron chi connectivity index (χ1n) is 6.46. The van der Waals surface area contributed by atoms with Gasteiger partial charge in [-0.2, -0.15) is 0 Å². The predicted molar refractivity (Wildman–Crippen MR) is 78.0 cm³/mol. The van der Waals surface area contributed by atoms with Gasteiger partial charge < -0.3 is 0 Å². The highest BCUT2D eigenvalue weighted by molar-refractivity contribution is 5.84. The highest BCUT2D eigenvalue weighted by atomic mass is 16.1. The molecule has 1 aliphatic rings. The van der Waals surface area contributed by atoms with Gasteiger partial charge in [0.15, 0.2) is 0 Å². The number of Topliss-reactive ketones (excluding diaryl/α,β-unsaturated/α-hetero) is 1. The average Bonchev–Trinajstić information content (AvgIpc) is 2.51. The first-order valence-corrected chi connectivity index (χ1v) is 6.46. The summed E-state index contributed by atoms with van der Waals surface area (Å²) in [4.78, 5) is 15.9. The van der Waals surface area contributed by atoms with Gasteiger partial charge in [-0.05, 0) is 22.6 Å². The molecule has 0 saturated carbocycles. The van der Waals surface area contributed by atoms with Crippen molar-refractivity contribution in [2.24, 2.45) is 0 Å². The van der Waals surface area contributed by atoms with Crippen LogP contribution < -0.4 is 10.4 Å². The zero-order valence-electron chi connectivity index (χ0n) is 10.9. The Morgan fingerprint density at radius 3 is 2.80 bits per heavy atom. The maximum atomic E-state index is 11.7. The first kappa shape index (κ1) is 12.4. The van der Waals surface area contributed by atoms with Crippen molar-refractivity contribution in [2.45, 2.75) is 12.8 Å². The fourth-order valence-corrected chi connectivity index (χ4v) is 2.10. The molecule has 0 bridgehead atoms. The Morgan fingerprint density at radius 1 is 0.950 bits per heavy atom.